The summed E-state index contributed by atoms with van der Waals surface area (Å²) in [6.45, 7) is 0.693. The number of hydrogen-bond donors (Lipinski definition) is 2. The van der Waals surface area contributed by atoms with Crippen molar-refractivity contribution in [1.82, 2.24) is 5.32 Å². The highest BCUT2D eigenvalue weighted by Gasteiger charge is 2.17. The van der Waals surface area contributed by atoms with E-state index in [2.05, 4.69) is 10.5 Å². The number of aldehydes is 1. The van der Waals surface area contributed by atoms with Crippen molar-refractivity contribution in [1.29, 1.82) is 0 Å². The summed E-state index contributed by atoms with van der Waals surface area (Å²) < 4.78 is 5.34. The van der Waals surface area contributed by atoms with Crippen molar-refractivity contribution < 1.29 is 29.1 Å². The second-order valence-corrected chi connectivity index (χ2v) is 9.00. The van der Waals surface area contributed by atoms with Gasteiger partial charge in [0.2, 0.25) is 5.78 Å². The number of hydrogen-bond acceptors (Lipinski definition) is 8. The zero-order valence-electron chi connectivity index (χ0n) is 18.8. The minimum Gasteiger partial charge on any atom is -0.491 e. The molecule has 0 radical (unpaired) electrons. The molecule has 0 aliphatic heterocycles. The Labute approximate surface area is 202 Å². The van der Waals surface area contributed by atoms with E-state index < -0.39 is 17.6 Å². The first kappa shape index (κ1) is 25.5. The van der Waals surface area contributed by atoms with E-state index in [0.717, 1.165) is 35.5 Å². The Kier molecular flexibility index (Phi) is 10.1. The molecule has 0 heterocycles. The molecule has 0 atom stereocenters. The van der Waals surface area contributed by atoms with Gasteiger partial charge < -0.3 is 15.2 Å². The Balaban J connectivity index is 1.52. The number of ether oxygens (including phenoxy) is 1. The lowest BCUT2D eigenvalue weighted by atomic mass is 9.89. The van der Waals surface area contributed by atoms with Crippen molar-refractivity contribution in [3.63, 3.8) is 0 Å². The lowest BCUT2D eigenvalue weighted by molar-refractivity contribution is -0.102. The van der Waals surface area contributed by atoms with Gasteiger partial charge in [0.05, 0.1) is 6.61 Å². The number of nitrogens with zero attached hydrogens (tertiary/aromatic N) is 1. The fourth-order valence-corrected chi connectivity index (χ4v) is 4.40. The molecule has 2 aromatic carbocycles. The fraction of sp³-hybridized carbons (Fsp3) is 0.360. The lowest BCUT2D eigenvalue weighted by Gasteiger charge is -2.21. The molecule has 0 spiro atoms. The molecule has 1 aliphatic rings. The predicted molar refractivity (Wildman–Crippen MR) is 128 cm³/mol. The van der Waals surface area contributed by atoms with Crippen LogP contribution in [0.1, 0.15) is 42.5 Å². The van der Waals surface area contributed by atoms with Gasteiger partial charge in [0.15, 0.2) is 12.0 Å². The average Bonchev–Trinajstić information content (AvgIpc) is 2.88. The molecular formula is C25H28N2O6S. The SMILES string of the molecule is O=C/C(=N\OC(=O)NCC1CCCCC1)C(=O)c1ccc(Sc2ccc(OCCO)cc2)cc1. The quantitative estimate of drug-likeness (QED) is 0.122. The van der Waals surface area contributed by atoms with Crippen LogP contribution in [0.3, 0.4) is 0 Å². The third kappa shape index (κ3) is 8.00. The maximum atomic E-state index is 12.6. The van der Waals surface area contributed by atoms with E-state index in [4.69, 9.17) is 14.7 Å². The second kappa shape index (κ2) is 13.5. The van der Waals surface area contributed by atoms with Crippen LogP contribution in [0.25, 0.3) is 0 Å². The van der Waals surface area contributed by atoms with Crippen LogP contribution in [0.2, 0.25) is 0 Å². The molecule has 2 N–H and O–H groups in total. The highest BCUT2D eigenvalue weighted by atomic mass is 32.2. The van der Waals surface area contributed by atoms with Crippen LogP contribution in [0.5, 0.6) is 5.75 Å². The number of amides is 1. The monoisotopic (exact) mass is 484 g/mol. The van der Waals surface area contributed by atoms with Gasteiger partial charge in [0.25, 0.3) is 0 Å². The van der Waals surface area contributed by atoms with Crippen molar-refractivity contribution in [2.24, 2.45) is 11.1 Å². The predicted octanol–water partition coefficient (Wildman–Crippen LogP) is 4.25. The van der Waals surface area contributed by atoms with E-state index in [-0.39, 0.29) is 25.1 Å². The first-order valence-electron chi connectivity index (χ1n) is 11.2. The molecule has 1 aliphatic carbocycles. The zero-order valence-corrected chi connectivity index (χ0v) is 19.6. The number of carbonyl (C=O) groups is 3. The minimum absolute atomic E-state index is 0.0438. The number of benzene rings is 2. The van der Waals surface area contributed by atoms with Crippen LogP contribution in [0, 0.1) is 5.92 Å². The summed E-state index contributed by atoms with van der Waals surface area (Å²) in [7, 11) is 0. The molecule has 1 fully saturated rings. The summed E-state index contributed by atoms with van der Waals surface area (Å²) in [6, 6.07) is 14.1. The molecule has 0 saturated heterocycles. The van der Waals surface area contributed by atoms with Crippen molar-refractivity contribution in [2.75, 3.05) is 19.8 Å². The van der Waals surface area contributed by atoms with E-state index in [9.17, 15) is 14.4 Å². The molecule has 180 valence electrons. The molecule has 34 heavy (non-hydrogen) atoms. The third-order valence-corrected chi connectivity index (χ3v) is 6.38. The van der Waals surface area contributed by atoms with E-state index in [1.54, 1.807) is 24.3 Å². The van der Waals surface area contributed by atoms with E-state index >= 15 is 0 Å². The molecule has 8 nitrogen and oxygen atoms in total. The van der Waals surface area contributed by atoms with Crippen LogP contribution in [0.15, 0.2) is 63.5 Å². The number of carbonyl (C=O) groups excluding carboxylic acids is 3. The number of Topliss-reactive ketones (excluding diaryl/α,β-unsaturated/α-hetero) is 1. The number of ketones is 1. The first-order valence-corrected chi connectivity index (χ1v) is 12.0. The van der Waals surface area contributed by atoms with Gasteiger partial charge in [-0.1, -0.05) is 36.2 Å². The summed E-state index contributed by atoms with van der Waals surface area (Å²) in [5, 5.41) is 14.9. The standard InChI is InChI=1S/C25H28N2O6S/c28-14-15-32-20-8-12-22(13-9-20)34-21-10-6-19(7-11-21)24(30)23(17-29)27-33-25(31)26-16-18-4-2-1-3-5-18/h6-13,17-18,28H,1-5,14-16H2,(H,26,31)/b27-23+. The second-order valence-electron chi connectivity index (χ2n) is 7.86. The number of aliphatic hydroxyl groups is 1. The van der Waals surface area contributed by atoms with Gasteiger partial charge >= 0.3 is 6.09 Å². The smallest absolute Gasteiger partial charge is 0.433 e. The normalized spacial score (nSPS) is 14.3. The Bertz CT molecular complexity index is 985. The van der Waals surface area contributed by atoms with E-state index in [1.165, 1.54) is 18.2 Å². The Morgan fingerprint density at radius 2 is 1.68 bits per heavy atom. The van der Waals surface area contributed by atoms with Gasteiger partial charge in [-0.3, -0.25) is 14.4 Å². The average molecular weight is 485 g/mol. The lowest BCUT2D eigenvalue weighted by Crippen LogP contribution is -2.30. The molecule has 9 heteroatoms. The van der Waals surface area contributed by atoms with E-state index in [0.29, 0.717) is 18.2 Å². The van der Waals surface area contributed by atoms with Crippen LogP contribution in [-0.4, -0.2) is 48.7 Å². The zero-order chi connectivity index (χ0) is 24.2. The Morgan fingerprint density at radius 3 is 2.29 bits per heavy atom. The van der Waals surface area contributed by atoms with Crippen molar-refractivity contribution in [3.8, 4) is 5.75 Å². The van der Waals surface area contributed by atoms with Crippen LogP contribution in [-0.2, 0) is 9.63 Å². The van der Waals surface area contributed by atoms with Gasteiger partial charge in [0, 0.05) is 21.9 Å². The minimum atomic E-state index is -0.780. The van der Waals surface area contributed by atoms with E-state index in [1.807, 2.05) is 24.3 Å². The first-order chi connectivity index (χ1) is 16.6. The fourth-order valence-electron chi connectivity index (χ4n) is 3.58. The molecule has 1 amide bonds. The topological polar surface area (TPSA) is 114 Å². The molecule has 3 rings (SSSR count). The Morgan fingerprint density at radius 1 is 1.03 bits per heavy atom. The van der Waals surface area contributed by atoms with Gasteiger partial charge in [-0.15, -0.1) is 0 Å². The van der Waals surface area contributed by atoms with Crippen molar-refractivity contribution in [2.45, 2.75) is 41.9 Å². The Hall–Kier alpha value is -3.17. The summed E-state index contributed by atoms with van der Waals surface area (Å²) in [5.41, 5.74) is -0.221. The molecule has 0 bridgehead atoms. The van der Waals surface area contributed by atoms with Crippen LogP contribution < -0.4 is 10.1 Å². The van der Waals surface area contributed by atoms with Crippen molar-refractivity contribution >= 4 is 35.6 Å². The number of aliphatic hydroxyl groups excluding tert-OH is 1. The molecule has 1 saturated carbocycles. The number of nitrogens with one attached hydrogen (secondary N) is 1. The summed E-state index contributed by atoms with van der Waals surface area (Å²) >= 11 is 1.49. The van der Waals surface area contributed by atoms with Crippen LogP contribution >= 0.6 is 11.8 Å². The van der Waals surface area contributed by atoms with Gasteiger partial charge in [-0.25, -0.2) is 4.79 Å². The summed E-state index contributed by atoms with van der Waals surface area (Å²) in [6.07, 6.45) is 5.18. The number of oxime groups is 1. The molecule has 0 unspecified atom stereocenters. The summed E-state index contributed by atoms with van der Waals surface area (Å²) in [5.74, 6) is 0.466. The van der Waals surface area contributed by atoms with Crippen molar-refractivity contribution in [3.05, 3.63) is 54.1 Å². The molecular weight excluding hydrogens is 456 g/mol. The highest BCUT2D eigenvalue weighted by Crippen LogP contribution is 2.29. The number of rotatable bonds is 11. The third-order valence-electron chi connectivity index (χ3n) is 5.37. The van der Waals surface area contributed by atoms with Gasteiger partial charge in [-0.2, -0.15) is 0 Å². The highest BCUT2D eigenvalue weighted by molar-refractivity contribution is 7.99. The van der Waals surface area contributed by atoms with Crippen LogP contribution in [0.4, 0.5) is 4.79 Å². The molecule has 0 aromatic heterocycles. The molecule has 2 aromatic rings. The van der Waals surface area contributed by atoms with Gasteiger partial charge in [-0.05, 0) is 67.3 Å². The maximum Gasteiger partial charge on any atom is 0.433 e. The van der Waals surface area contributed by atoms with Gasteiger partial charge in [0.1, 0.15) is 12.4 Å². The largest absolute Gasteiger partial charge is 0.491 e. The summed E-state index contributed by atoms with van der Waals surface area (Å²) in [4.78, 5) is 42.4. The maximum absolute atomic E-state index is 12.6.